The van der Waals surface area contributed by atoms with Crippen LogP contribution in [0.25, 0.3) is 0 Å². The monoisotopic (exact) mass is 427 g/mol. The highest BCUT2D eigenvalue weighted by Crippen LogP contribution is 2.36. The second-order valence-corrected chi connectivity index (χ2v) is 7.65. The van der Waals surface area contributed by atoms with Gasteiger partial charge in [0.25, 0.3) is 0 Å². The van der Waals surface area contributed by atoms with Crippen LogP contribution in [0.3, 0.4) is 0 Å². The van der Waals surface area contributed by atoms with Gasteiger partial charge in [0.1, 0.15) is 0 Å². The fourth-order valence-electron chi connectivity index (χ4n) is 3.82. The number of piperazine rings is 1. The first-order chi connectivity index (χ1) is 15.0. The number of nitrogens with two attached hydrogens (primary N) is 1. The molecule has 7 nitrogen and oxygen atoms in total. The molecule has 0 unspecified atom stereocenters. The van der Waals surface area contributed by atoms with Crippen molar-refractivity contribution in [2.24, 2.45) is 0 Å². The van der Waals surface area contributed by atoms with E-state index in [1.807, 2.05) is 0 Å². The van der Waals surface area contributed by atoms with Gasteiger partial charge in [0, 0.05) is 38.4 Å². The Labute approximate surface area is 184 Å². The number of rotatable bonds is 9. The first kappa shape index (κ1) is 22.7. The Balaban J connectivity index is 1.46. The zero-order valence-electron chi connectivity index (χ0n) is 18.7. The molecule has 0 amide bonds. The van der Waals surface area contributed by atoms with Crippen molar-refractivity contribution in [3.63, 3.8) is 0 Å². The van der Waals surface area contributed by atoms with Gasteiger partial charge in [-0.25, -0.2) is 4.79 Å². The fraction of sp³-hybridized carbons (Fsp3) is 0.458. The molecule has 2 N–H and O–H groups in total. The molecule has 0 bridgehead atoms. The number of esters is 1. The summed E-state index contributed by atoms with van der Waals surface area (Å²) < 4.78 is 16.3. The van der Waals surface area contributed by atoms with Gasteiger partial charge < -0.3 is 24.8 Å². The van der Waals surface area contributed by atoms with Crippen LogP contribution in [0.4, 0.5) is 11.4 Å². The molecule has 1 aliphatic heterocycles. The predicted molar refractivity (Wildman–Crippen MR) is 123 cm³/mol. The van der Waals surface area contributed by atoms with Crippen molar-refractivity contribution in [2.75, 3.05) is 63.7 Å². The van der Waals surface area contributed by atoms with Crippen molar-refractivity contribution in [1.82, 2.24) is 4.90 Å². The number of carbonyl (C=O) groups excluding carboxylic acids is 1. The minimum Gasteiger partial charge on any atom is -0.491 e. The number of anilines is 2. The van der Waals surface area contributed by atoms with Gasteiger partial charge >= 0.3 is 5.97 Å². The summed E-state index contributed by atoms with van der Waals surface area (Å²) in [6.45, 7) is 9.84. The van der Waals surface area contributed by atoms with Gasteiger partial charge in [-0.1, -0.05) is 12.1 Å². The number of hydrogen-bond acceptors (Lipinski definition) is 7. The second kappa shape index (κ2) is 10.9. The third kappa shape index (κ3) is 5.82. The van der Waals surface area contributed by atoms with E-state index in [-0.39, 0.29) is 17.9 Å². The number of carbonyl (C=O) groups is 1. The van der Waals surface area contributed by atoms with Crippen LogP contribution in [0.15, 0.2) is 36.4 Å². The molecular formula is C24H33N3O4. The fourth-order valence-corrected chi connectivity index (χ4v) is 3.82. The lowest BCUT2D eigenvalue weighted by molar-refractivity contribution is 0.0527. The maximum Gasteiger partial charge on any atom is 0.340 e. The van der Waals surface area contributed by atoms with Crippen molar-refractivity contribution < 1.29 is 19.0 Å². The maximum absolute atomic E-state index is 12.0. The van der Waals surface area contributed by atoms with Crippen molar-refractivity contribution in [3.05, 3.63) is 47.5 Å². The molecule has 0 spiro atoms. The van der Waals surface area contributed by atoms with Crippen LogP contribution >= 0.6 is 0 Å². The van der Waals surface area contributed by atoms with E-state index in [1.54, 1.807) is 19.1 Å². The molecule has 2 aromatic rings. The van der Waals surface area contributed by atoms with Crippen LogP contribution in [0, 0.1) is 6.92 Å². The van der Waals surface area contributed by atoms with E-state index in [0.717, 1.165) is 39.1 Å². The third-order valence-electron chi connectivity index (χ3n) is 5.47. The highest BCUT2D eigenvalue weighted by Gasteiger charge is 2.19. The summed E-state index contributed by atoms with van der Waals surface area (Å²) in [5.41, 5.74) is 9.23. The van der Waals surface area contributed by atoms with Gasteiger partial charge in [0.05, 0.1) is 31.6 Å². The second-order valence-electron chi connectivity index (χ2n) is 7.65. The summed E-state index contributed by atoms with van der Waals surface area (Å²) in [4.78, 5) is 16.9. The Morgan fingerprint density at radius 3 is 2.58 bits per heavy atom. The highest BCUT2D eigenvalue weighted by molar-refractivity contribution is 5.97. The Morgan fingerprint density at radius 1 is 1.13 bits per heavy atom. The number of nitrogen functional groups attached to an aromatic ring is 1. The molecule has 3 rings (SSSR count). The van der Waals surface area contributed by atoms with E-state index in [1.165, 1.54) is 18.4 Å². The molecule has 1 fully saturated rings. The number of hydrogen-bond donors (Lipinski definition) is 1. The summed E-state index contributed by atoms with van der Waals surface area (Å²) in [5, 5.41) is 0. The largest absolute Gasteiger partial charge is 0.491 e. The van der Waals surface area contributed by atoms with E-state index in [0.29, 0.717) is 18.1 Å². The van der Waals surface area contributed by atoms with E-state index in [9.17, 15) is 4.79 Å². The van der Waals surface area contributed by atoms with Crippen LogP contribution in [0.1, 0.15) is 29.3 Å². The topological polar surface area (TPSA) is 77.3 Å². The summed E-state index contributed by atoms with van der Waals surface area (Å²) >= 11 is 0. The average Bonchev–Trinajstić information content (AvgIpc) is 2.77. The number of ether oxygens (including phenoxy) is 3. The molecule has 1 saturated heterocycles. The molecule has 0 aliphatic carbocycles. The molecule has 31 heavy (non-hydrogen) atoms. The first-order valence-corrected chi connectivity index (χ1v) is 10.8. The molecule has 168 valence electrons. The van der Waals surface area contributed by atoms with Crippen molar-refractivity contribution in [3.8, 4) is 11.5 Å². The molecule has 1 aliphatic rings. The lowest BCUT2D eigenvalue weighted by atomic mass is 10.1. The van der Waals surface area contributed by atoms with Crippen LogP contribution in [0.2, 0.25) is 0 Å². The van der Waals surface area contributed by atoms with E-state index >= 15 is 0 Å². The Morgan fingerprint density at radius 2 is 1.90 bits per heavy atom. The summed E-state index contributed by atoms with van der Waals surface area (Å²) in [6, 6.07) is 12.0. The van der Waals surface area contributed by atoms with Crippen molar-refractivity contribution >= 4 is 17.3 Å². The maximum atomic E-state index is 12.0. The van der Waals surface area contributed by atoms with Crippen LogP contribution in [-0.4, -0.2) is 63.9 Å². The van der Waals surface area contributed by atoms with Crippen molar-refractivity contribution in [2.45, 2.75) is 20.3 Å². The number of benzene rings is 2. The molecule has 0 radical (unpaired) electrons. The minimum absolute atomic E-state index is 0.241. The van der Waals surface area contributed by atoms with Gasteiger partial charge in [-0.05, 0) is 50.1 Å². The predicted octanol–water partition coefficient (Wildman–Crippen LogP) is 3.35. The first-order valence-electron chi connectivity index (χ1n) is 10.8. The van der Waals surface area contributed by atoms with E-state index in [2.05, 4.69) is 41.0 Å². The zero-order valence-corrected chi connectivity index (χ0v) is 18.7. The SMILES string of the molecule is CCOC(=O)c1ccc(OCCCN2CCN(c3cccc(C)c3)CC2)c(OC)c1N. The van der Waals surface area contributed by atoms with Crippen LogP contribution in [-0.2, 0) is 4.74 Å². The third-order valence-corrected chi connectivity index (χ3v) is 5.47. The molecule has 1 heterocycles. The smallest absolute Gasteiger partial charge is 0.340 e. The normalized spacial score (nSPS) is 14.4. The van der Waals surface area contributed by atoms with Gasteiger partial charge in [-0.3, -0.25) is 4.90 Å². The zero-order chi connectivity index (χ0) is 22.2. The number of aryl methyl sites for hydroxylation is 1. The quantitative estimate of drug-likeness (QED) is 0.374. The lowest BCUT2D eigenvalue weighted by Crippen LogP contribution is -2.46. The van der Waals surface area contributed by atoms with Crippen molar-refractivity contribution in [1.29, 1.82) is 0 Å². The summed E-state index contributed by atoms with van der Waals surface area (Å²) in [6.07, 6.45) is 0.896. The molecule has 2 aromatic carbocycles. The Bertz CT molecular complexity index is 879. The van der Waals surface area contributed by atoms with E-state index in [4.69, 9.17) is 19.9 Å². The average molecular weight is 428 g/mol. The number of methoxy groups -OCH3 is 1. The Kier molecular flexibility index (Phi) is 8.00. The van der Waals surface area contributed by atoms with Gasteiger partial charge in [-0.2, -0.15) is 0 Å². The lowest BCUT2D eigenvalue weighted by Gasteiger charge is -2.36. The highest BCUT2D eigenvalue weighted by atomic mass is 16.5. The molecule has 0 atom stereocenters. The Hall–Kier alpha value is -2.93. The molecule has 0 saturated carbocycles. The minimum atomic E-state index is -0.463. The number of nitrogens with zero attached hydrogens (tertiary/aromatic N) is 2. The summed E-state index contributed by atoms with van der Waals surface area (Å²) in [5.74, 6) is 0.448. The molecule has 0 aromatic heterocycles. The molecule has 7 heteroatoms. The van der Waals surface area contributed by atoms with Gasteiger partial charge in [0.15, 0.2) is 11.5 Å². The van der Waals surface area contributed by atoms with Crippen LogP contribution < -0.4 is 20.1 Å². The van der Waals surface area contributed by atoms with Gasteiger partial charge in [-0.15, -0.1) is 0 Å². The van der Waals surface area contributed by atoms with Gasteiger partial charge in [0.2, 0.25) is 0 Å². The molecular weight excluding hydrogens is 394 g/mol. The summed E-state index contributed by atoms with van der Waals surface area (Å²) in [7, 11) is 1.52. The van der Waals surface area contributed by atoms with E-state index < -0.39 is 5.97 Å². The standard InChI is InChI=1S/C24H33N3O4/c1-4-30-24(28)20-9-10-21(23(29-3)22(20)25)31-16-6-11-26-12-14-27(15-13-26)19-8-5-7-18(2)17-19/h5,7-10,17H,4,6,11-16,25H2,1-3H3. The van der Waals surface area contributed by atoms with Crippen LogP contribution in [0.5, 0.6) is 11.5 Å².